The highest BCUT2D eigenvalue weighted by molar-refractivity contribution is 5.12. The van der Waals surface area contributed by atoms with Crippen molar-refractivity contribution in [3.05, 3.63) is 27.9 Å². The van der Waals surface area contributed by atoms with Gasteiger partial charge in [-0.15, -0.1) is 0 Å². The normalized spacial score (nSPS) is 22.9. The number of aryl methyl sites for hydroxylation is 1. The summed E-state index contributed by atoms with van der Waals surface area (Å²) in [7, 11) is 2.06. The molecule has 0 spiro atoms. The molecule has 1 aliphatic rings. The van der Waals surface area contributed by atoms with Crippen LogP contribution < -0.4 is 10.9 Å². The van der Waals surface area contributed by atoms with Crippen LogP contribution in [0.25, 0.3) is 0 Å². The zero-order valence-electron chi connectivity index (χ0n) is 9.08. The first-order chi connectivity index (χ1) is 7.16. The number of hydrogen-bond acceptors (Lipinski definition) is 4. The number of nitrogens with zero attached hydrogens (tertiary/aromatic N) is 2. The van der Waals surface area contributed by atoms with Crippen LogP contribution in [0.4, 0.5) is 0 Å². The number of nitrogens with one attached hydrogen (secondary N) is 2. The van der Waals surface area contributed by atoms with E-state index in [-0.39, 0.29) is 11.6 Å². The maximum atomic E-state index is 11.7. The Bertz CT molecular complexity index is 401. The molecule has 1 atom stereocenters. The minimum Gasteiger partial charge on any atom is -0.311 e. The van der Waals surface area contributed by atoms with Gasteiger partial charge in [0.25, 0.3) is 5.56 Å². The third-order valence-corrected chi connectivity index (χ3v) is 2.71. The zero-order valence-corrected chi connectivity index (χ0v) is 9.08. The molecule has 0 amide bonds. The van der Waals surface area contributed by atoms with Crippen molar-refractivity contribution in [1.82, 2.24) is 20.2 Å². The van der Waals surface area contributed by atoms with Crippen molar-refractivity contribution in [3.8, 4) is 0 Å². The lowest BCUT2D eigenvalue weighted by Gasteiger charge is -2.30. The maximum Gasteiger partial charge on any atom is 0.255 e. The van der Waals surface area contributed by atoms with Crippen LogP contribution in [0.2, 0.25) is 0 Å². The summed E-state index contributed by atoms with van der Waals surface area (Å²) in [6.07, 6.45) is 1.67. The molecule has 1 unspecified atom stereocenters. The fraction of sp³-hybridized carbons (Fsp3) is 0.600. The molecule has 1 aromatic heterocycles. The van der Waals surface area contributed by atoms with Gasteiger partial charge < -0.3 is 15.2 Å². The molecule has 5 nitrogen and oxygen atoms in total. The molecule has 2 heterocycles. The molecule has 1 aliphatic heterocycles. The quantitative estimate of drug-likeness (QED) is 0.662. The van der Waals surface area contributed by atoms with E-state index < -0.39 is 0 Å². The summed E-state index contributed by atoms with van der Waals surface area (Å²) >= 11 is 0. The molecule has 2 rings (SSSR count). The monoisotopic (exact) mass is 208 g/mol. The fourth-order valence-corrected chi connectivity index (χ4v) is 1.85. The summed E-state index contributed by atoms with van der Waals surface area (Å²) in [6.45, 7) is 4.57. The molecule has 0 bridgehead atoms. The van der Waals surface area contributed by atoms with E-state index in [1.54, 1.807) is 13.1 Å². The number of rotatable bonds is 1. The van der Waals surface area contributed by atoms with Crippen molar-refractivity contribution in [1.29, 1.82) is 0 Å². The second kappa shape index (κ2) is 4.12. The largest absolute Gasteiger partial charge is 0.311 e. The van der Waals surface area contributed by atoms with Gasteiger partial charge >= 0.3 is 0 Å². The van der Waals surface area contributed by atoms with E-state index in [0.717, 1.165) is 25.2 Å². The lowest BCUT2D eigenvalue weighted by atomic mass is 10.1. The SMILES string of the molecule is Cc1ncc(C2CN(C)CCN2)c(=O)[nH]1. The minimum atomic E-state index is -0.0321. The van der Waals surface area contributed by atoms with Crippen LogP contribution in [0.15, 0.2) is 11.0 Å². The van der Waals surface area contributed by atoms with E-state index in [4.69, 9.17) is 0 Å². The number of aromatic nitrogens is 2. The van der Waals surface area contributed by atoms with Crippen LogP contribution in [0, 0.1) is 6.92 Å². The Hall–Kier alpha value is -1.20. The Morgan fingerprint density at radius 1 is 1.60 bits per heavy atom. The van der Waals surface area contributed by atoms with Gasteiger partial charge in [-0.25, -0.2) is 4.98 Å². The van der Waals surface area contributed by atoms with Gasteiger partial charge in [-0.05, 0) is 14.0 Å². The molecule has 0 radical (unpaired) electrons. The second-order valence-electron chi connectivity index (χ2n) is 4.02. The van der Waals surface area contributed by atoms with Crippen LogP contribution in [0.1, 0.15) is 17.4 Å². The minimum absolute atomic E-state index is 0.0321. The van der Waals surface area contributed by atoms with E-state index in [1.807, 2.05) is 0 Å². The Morgan fingerprint density at radius 3 is 3.07 bits per heavy atom. The van der Waals surface area contributed by atoms with E-state index in [2.05, 4.69) is 27.2 Å². The second-order valence-corrected chi connectivity index (χ2v) is 4.02. The van der Waals surface area contributed by atoms with Crippen molar-refractivity contribution in [2.75, 3.05) is 26.7 Å². The average molecular weight is 208 g/mol. The van der Waals surface area contributed by atoms with Crippen molar-refractivity contribution in [3.63, 3.8) is 0 Å². The third kappa shape index (κ3) is 2.24. The standard InChI is InChI=1S/C10H16N4O/c1-7-12-5-8(10(15)13-7)9-6-14(2)4-3-11-9/h5,9,11H,3-4,6H2,1-2H3,(H,12,13,15). The highest BCUT2D eigenvalue weighted by Gasteiger charge is 2.20. The van der Waals surface area contributed by atoms with Crippen molar-refractivity contribution in [2.45, 2.75) is 13.0 Å². The number of H-pyrrole nitrogens is 1. The zero-order chi connectivity index (χ0) is 10.8. The highest BCUT2D eigenvalue weighted by Crippen LogP contribution is 2.11. The van der Waals surface area contributed by atoms with Crippen molar-refractivity contribution in [2.24, 2.45) is 0 Å². The maximum absolute atomic E-state index is 11.7. The lowest BCUT2D eigenvalue weighted by molar-refractivity contribution is 0.239. The number of aromatic amines is 1. The molecule has 5 heteroatoms. The Balaban J connectivity index is 2.25. The summed E-state index contributed by atoms with van der Waals surface area (Å²) in [5, 5.41) is 3.32. The summed E-state index contributed by atoms with van der Waals surface area (Å²) in [4.78, 5) is 20.8. The summed E-state index contributed by atoms with van der Waals surface area (Å²) in [5.74, 6) is 0.660. The predicted molar refractivity (Wildman–Crippen MR) is 57.8 cm³/mol. The van der Waals surface area contributed by atoms with Gasteiger partial charge in [-0.2, -0.15) is 0 Å². The van der Waals surface area contributed by atoms with Crippen LogP contribution in [-0.2, 0) is 0 Å². The first-order valence-electron chi connectivity index (χ1n) is 5.14. The summed E-state index contributed by atoms with van der Waals surface area (Å²) < 4.78 is 0. The van der Waals surface area contributed by atoms with Crippen LogP contribution in [-0.4, -0.2) is 41.5 Å². The highest BCUT2D eigenvalue weighted by atomic mass is 16.1. The number of hydrogen-bond donors (Lipinski definition) is 2. The molecular weight excluding hydrogens is 192 g/mol. The van der Waals surface area contributed by atoms with Gasteiger partial charge in [0.15, 0.2) is 0 Å². The molecule has 1 saturated heterocycles. The molecule has 1 fully saturated rings. The number of piperazine rings is 1. The molecule has 0 saturated carbocycles. The van der Waals surface area contributed by atoms with Gasteiger partial charge in [0.2, 0.25) is 0 Å². The topological polar surface area (TPSA) is 61.0 Å². The average Bonchev–Trinajstić information content (AvgIpc) is 2.17. The van der Waals surface area contributed by atoms with E-state index in [0.29, 0.717) is 5.82 Å². The summed E-state index contributed by atoms with van der Waals surface area (Å²) in [6, 6.07) is 0.0978. The van der Waals surface area contributed by atoms with Gasteiger partial charge in [0.05, 0.1) is 11.6 Å². The summed E-state index contributed by atoms with van der Waals surface area (Å²) in [5.41, 5.74) is 0.697. The van der Waals surface area contributed by atoms with Gasteiger partial charge in [-0.1, -0.05) is 0 Å². The molecule has 15 heavy (non-hydrogen) atoms. The first kappa shape index (κ1) is 10.3. The van der Waals surface area contributed by atoms with Crippen molar-refractivity contribution >= 4 is 0 Å². The molecule has 0 aromatic carbocycles. The third-order valence-electron chi connectivity index (χ3n) is 2.71. The fourth-order valence-electron chi connectivity index (χ4n) is 1.85. The van der Waals surface area contributed by atoms with Crippen LogP contribution in [0.5, 0.6) is 0 Å². The molecular formula is C10H16N4O. The smallest absolute Gasteiger partial charge is 0.255 e. The molecule has 1 aromatic rings. The van der Waals surface area contributed by atoms with E-state index in [9.17, 15) is 4.79 Å². The Morgan fingerprint density at radius 2 is 2.40 bits per heavy atom. The van der Waals surface area contributed by atoms with Gasteiger partial charge in [0.1, 0.15) is 5.82 Å². The lowest BCUT2D eigenvalue weighted by Crippen LogP contribution is -2.45. The van der Waals surface area contributed by atoms with Crippen LogP contribution in [0.3, 0.4) is 0 Å². The van der Waals surface area contributed by atoms with E-state index >= 15 is 0 Å². The molecule has 82 valence electrons. The van der Waals surface area contributed by atoms with Crippen LogP contribution >= 0.6 is 0 Å². The first-order valence-corrected chi connectivity index (χ1v) is 5.14. The van der Waals surface area contributed by atoms with E-state index in [1.165, 1.54) is 0 Å². The molecule has 0 aliphatic carbocycles. The molecule has 2 N–H and O–H groups in total. The Kier molecular flexibility index (Phi) is 2.83. The Labute approximate surface area is 88.5 Å². The predicted octanol–water partition coefficient (Wildman–Crippen LogP) is -0.346. The van der Waals surface area contributed by atoms with Gasteiger partial charge in [-0.3, -0.25) is 4.79 Å². The number of likely N-dealkylation sites (N-methyl/N-ethyl adjacent to an activating group) is 1. The van der Waals surface area contributed by atoms with Crippen molar-refractivity contribution < 1.29 is 0 Å². The van der Waals surface area contributed by atoms with Gasteiger partial charge in [0, 0.05) is 25.8 Å².